The molecule has 2 N–H and O–H groups in total. The second kappa shape index (κ2) is 24.1. The van der Waals surface area contributed by atoms with E-state index in [9.17, 15) is 4.39 Å². The fraction of sp³-hybridized carbons (Fsp3) is 0.478. The number of ether oxygens (including phenoxy) is 1. The number of hydrogen-bond donors (Lipinski definition) is 2. The van der Waals surface area contributed by atoms with E-state index in [4.69, 9.17) is 4.74 Å². The Balaban J connectivity index is -0.000000335. The van der Waals surface area contributed by atoms with Crippen LogP contribution in [0.4, 0.5) is 4.39 Å². The lowest BCUT2D eigenvalue weighted by atomic mass is 10.2. The topological polar surface area (TPSA) is 33.3 Å². The van der Waals surface area contributed by atoms with E-state index in [0.29, 0.717) is 12.1 Å². The van der Waals surface area contributed by atoms with Gasteiger partial charge in [0.1, 0.15) is 11.6 Å². The summed E-state index contributed by atoms with van der Waals surface area (Å²) in [5.74, 6) is 0.773. The molecule has 156 valence electrons. The Morgan fingerprint density at radius 2 is 1.33 bits per heavy atom. The number of methoxy groups -OCH3 is 1. The fourth-order valence-electron chi connectivity index (χ4n) is 1.82. The minimum Gasteiger partial charge on any atom is -0.497 e. The fourth-order valence-corrected chi connectivity index (χ4v) is 1.82. The zero-order valence-electron chi connectivity index (χ0n) is 18.8. The van der Waals surface area contributed by atoms with Gasteiger partial charge in [0.25, 0.3) is 0 Å². The van der Waals surface area contributed by atoms with Crippen molar-refractivity contribution >= 4 is 0 Å². The highest BCUT2D eigenvalue weighted by Crippen LogP contribution is 2.11. The molecule has 3 nitrogen and oxygen atoms in total. The maximum absolute atomic E-state index is 12.7. The van der Waals surface area contributed by atoms with Crippen molar-refractivity contribution in [3.63, 3.8) is 0 Å². The van der Waals surface area contributed by atoms with Crippen molar-refractivity contribution in [2.24, 2.45) is 0 Å². The SMILES string of the molecule is CC.CC.CC.CNCc1cccc(OC)c1.CNCc1ccccc1F. The van der Waals surface area contributed by atoms with Gasteiger partial charge in [-0.15, -0.1) is 0 Å². The molecule has 2 rings (SSSR count). The molecule has 0 unspecified atom stereocenters. The predicted octanol–water partition coefficient (Wildman–Crippen LogP) is 6.04. The molecule has 0 aliphatic heterocycles. The third-order valence-corrected chi connectivity index (χ3v) is 2.84. The van der Waals surface area contributed by atoms with Crippen LogP contribution in [0.25, 0.3) is 0 Å². The van der Waals surface area contributed by atoms with Crippen LogP contribution in [0.5, 0.6) is 5.75 Å². The average molecular weight is 381 g/mol. The highest BCUT2D eigenvalue weighted by Gasteiger charge is 1.96. The first kappa shape index (κ1) is 29.8. The van der Waals surface area contributed by atoms with Crippen LogP contribution in [0.2, 0.25) is 0 Å². The van der Waals surface area contributed by atoms with Crippen LogP contribution in [-0.2, 0) is 13.1 Å². The zero-order chi connectivity index (χ0) is 21.5. The summed E-state index contributed by atoms with van der Waals surface area (Å²) in [5.41, 5.74) is 1.96. The smallest absolute Gasteiger partial charge is 0.127 e. The quantitative estimate of drug-likeness (QED) is 0.663. The molecule has 0 aliphatic rings. The van der Waals surface area contributed by atoms with E-state index in [-0.39, 0.29) is 5.82 Å². The third-order valence-electron chi connectivity index (χ3n) is 2.84. The molecule has 0 saturated heterocycles. The second-order valence-corrected chi connectivity index (χ2v) is 4.50. The van der Waals surface area contributed by atoms with E-state index in [1.54, 1.807) is 26.3 Å². The molecule has 0 amide bonds. The van der Waals surface area contributed by atoms with Gasteiger partial charge in [-0.2, -0.15) is 0 Å². The molecular formula is C23H41FN2O. The van der Waals surface area contributed by atoms with Gasteiger partial charge >= 0.3 is 0 Å². The Kier molecular flexibility index (Phi) is 26.6. The number of nitrogens with one attached hydrogen (secondary N) is 2. The predicted molar refractivity (Wildman–Crippen MR) is 119 cm³/mol. The van der Waals surface area contributed by atoms with Crippen LogP contribution in [0.3, 0.4) is 0 Å². The van der Waals surface area contributed by atoms with Crippen molar-refractivity contribution < 1.29 is 9.13 Å². The average Bonchev–Trinajstić information content (AvgIpc) is 2.75. The van der Waals surface area contributed by atoms with E-state index in [2.05, 4.69) is 16.7 Å². The first-order chi connectivity index (χ1) is 13.2. The van der Waals surface area contributed by atoms with Crippen molar-refractivity contribution in [2.45, 2.75) is 54.6 Å². The van der Waals surface area contributed by atoms with Crippen molar-refractivity contribution in [3.8, 4) is 5.75 Å². The summed E-state index contributed by atoms with van der Waals surface area (Å²) < 4.78 is 17.8. The van der Waals surface area contributed by atoms with E-state index in [0.717, 1.165) is 12.3 Å². The number of hydrogen-bond acceptors (Lipinski definition) is 3. The molecule has 27 heavy (non-hydrogen) atoms. The summed E-state index contributed by atoms with van der Waals surface area (Å²) in [6, 6.07) is 14.8. The van der Waals surface area contributed by atoms with Crippen molar-refractivity contribution in [1.29, 1.82) is 0 Å². The first-order valence-corrected chi connectivity index (χ1v) is 9.86. The van der Waals surface area contributed by atoms with Crippen LogP contribution >= 0.6 is 0 Å². The number of rotatable bonds is 5. The monoisotopic (exact) mass is 380 g/mol. The van der Waals surface area contributed by atoms with Crippen LogP contribution in [-0.4, -0.2) is 21.2 Å². The number of halogens is 1. The van der Waals surface area contributed by atoms with Gasteiger partial charge in [0.05, 0.1) is 7.11 Å². The molecule has 0 aliphatic carbocycles. The van der Waals surface area contributed by atoms with Crippen LogP contribution in [0.15, 0.2) is 48.5 Å². The Hall–Kier alpha value is -1.91. The lowest BCUT2D eigenvalue weighted by Crippen LogP contribution is -2.06. The van der Waals surface area contributed by atoms with Gasteiger partial charge < -0.3 is 15.4 Å². The van der Waals surface area contributed by atoms with E-state index < -0.39 is 0 Å². The molecule has 0 fully saturated rings. The summed E-state index contributed by atoms with van der Waals surface area (Å²) in [7, 11) is 5.41. The molecule has 0 radical (unpaired) electrons. The molecule has 4 heteroatoms. The molecule has 0 bridgehead atoms. The molecule has 0 saturated carbocycles. The molecular weight excluding hydrogens is 339 g/mol. The molecule has 0 atom stereocenters. The second-order valence-electron chi connectivity index (χ2n) is 4.50. The van der Waals surface area contributed by atoms with Gasteiger partial charge in [-0.1, -0.05) is 71.9 Å². The summed E-state index contributed by atoms with van der Waals surface area (Å²) in [5, 5.41) is 5.96. The normalized spacial score (nSPS) is 8.22. The van der Waals surface area contributed by atoms with Gasteiger partial charge in [0.2, 0.25) is 0 Å². The van der Waals surface area contributed by atoms with E-state index in [1.807, 2.05) is 72.9 Å². The Bertz CT molecular complexity index is 533. The van der Waals surface area contributed by atoms with Crippen LogP contribution in [0.1, 0.15) is 52.7 Å². The van der Waals surface area contributed by atoms with Gasteiger partial charge in [0.15, 0.2) is 0 Å². The first-order valence-electron chi connectivity index (χ1n) is 9.86. The van der Waals surface area contributed by atoms with Crippen LogP contribution in [0, 0.1) is 5.82 Å². The van der Waals surface area contributed by atoms with E-state index in [1.165, 1.54) is 11.6 Å². The van der Waals surface area contributed by atoms with Crippen molar-refractivity contribution in [3.05, 3.63) is 65.5 Å². The minimum absolute atomic E-state index is 0.142. The van der Waals surface area contributed by atoms with E-state index >= 15 is 0 Å². The summed E-state index contributed by atoms with van der Waals surface area (Å²) >= 11 is 0. The Morgan fingerprint density at radius 1 is 0.778 bits per heavy atom. The zero-order valence-corrected chi connectivity index (χ0v) is 18.8. The molecule has 2 aromatic carbocycles. The van der Waals surface area contributed by atoms with Gasteiger partial charge in [-0.25, -0.2) is 4.39 Å². The highest BCUT2D eigenvalue weighted by molar-refractivity contribution is 5.28. The molecule has 0 heterocycles. The van der Waals surface area contributed by atoms with Gasteiger partial charge in [-0.3, -0.25) is 0 Å². The lowest BCUT2D eigenvalue weighted by Gasteiger charge is -2.02. The Morgan fingerprint density at radius 3 is 1.81 bits per heavy atom. The maximum atomic E-state index is 12.7. The third kappa shape index (κ3) is 16.0. The summed E-state index contributed by atoms with van der Waals surface area (Å²) in [4.78, 5) is 0. The largest absolute Gasteiger partial charge is 0.497 e. The minimum atomic E-state index is -0.142. The lowest BCUT2D eigenvalue weighted by molar-refractivity contribution is 0.414. The molecule has 0 aromatic heterocycles. The Labute approximate surface area is 167 Å². The summed E-state index contributed by atoms with van der Waals surface area (Å²) in [6.07, 6.45) is 0. The molecule has 2 aromatic rings. The highest BCUT2D eigenvalue weighted by atomic mass is 19.1. The molecule has 0 spiro atoms. The van der Waals surface area contributed by atoms with Crippen LogP contribution < -0.4 is 15.4 Å². The van der Waals surface area contributed by atoms with Gasteiger partial charge in [-0.05, 0) is 37.9 Å². The van der Waals surface area contributed by atoms with Gasteiger partial charge in [0, 0.05) is 18.7 Å². The van der Waals surface area contributed by atoms with Crippen molar-refractivity contribution in [1.82, 2.24) is 10.6 Å². The van der Waals surface area contributed by atoms with Crippen molar-refractivity contribution in [2.75, 3.05) is 21.2 Å². The maximum Gasteiger partial charge on any atom is 0.127 e. The standard InChI is InChI=1S/C9H13NO.C8H10FN.3C2H6/c1-10-7-8-4-3-5-9(6-8)11-2;1-10-6-7-4-2-3-5-8(7)9;3*1-2/h3-6,10H,7H2,1-2H3;2-5,10H,6H2,1H3;3*1-2H3. The summed E-state index contributed by atoms with van der Waals surface area (Å²) in [6.45, 7) is 13.5. The number of benzene rings is 2.